The average Bonchev–Trinajstić information content (AvgIpc) is 2.58. The van der Waals surface area contributed by atoms with E-state index in [0.29, 0.717) is 5.56 Å². The van der Waals surface area contributed by atoms with Gasteiger partial charge in [-0.2, -0.15) is 0 Å². The maximum absolute atomic E-state index is 10.3. The molecule has 0 aliphatic heterocycles. The maximum atomic E-state index is 10.3. The Morgan fingerprint density at radius 2 is 1.57 bits per heavy atom. The van der Waals surface area contributed by atoms with Crippen molar-refractivity contribution in [3.05, 3.63) is 71.3 Å². The summed E-state index contributed by atoms with van der Waals surface area (Å²) < 4.78 is 0. The highest BCUT2D eigenvalue weighted by Gasteiger charge is 2.00. The van der Waals surface area contributed by atoms with Gasteiger partial charge in [0, 0.05) is 0 Å². The molecule has 0 atom stereocenters. The smallest absolute Gasteiger partial charge is 0.335 e. The lowest BCUT2D eigenvalue weighted by atomic mass is 10.2. The van der Waals surface area contributed by atoms with Crippen LogP contribution in [0.2, 0.25) is 0 Å². The number of carboxylic acids is 1. The lowest BCUT2D eigenvalue weighted by molar-refractivity contribution is -0.341. The van der Waals surface area contributed by atoms with E-state index in [0.717, 1.165) is 18.5 Å². The Hall–Kier alpha value is -2.21. The molecule has 0 fully saturated rings. The molecule has 0 aliphatic rings. The molecule has 0 spiro atoms. The van der Waals surface area contributed by atoms with Gasteiger partial charge in [-0.25, -0.2) is 4.79 Å². The molecule has 0 radical (unpaired) electrons. The molecular weight excluding hydrogens is 294 g/mol. The average molecular weight is 317 g/mol. The van der Waals surface area contributed by atoms with E-state index >= 15 is 0 Å². The fraction of sp³-hybridized carbons (Fsp3) is 0.278. The molecule has 0 amide bonds. The van der Waals surface area contributed by atoms with Crippen LogP contribution < -0.4 is 0 Å². The molecule has 5 heteroatoms. The molecule has 0 aliphatic carbocycles. The Balaban J connectivity index is 0.000000238. The highest BCUT2D eigenvalue weighted by Crippen LogP contribution is 2.02. The fourth-order valence-corrected chi connectivity index (χ4v) is 1.82. The van der Waals surface area contributed by atoms with Crippen LogP contribution in [-0.2, 0) is 16.1 Å². The summed E-state index contributed by atoms with van der Waals surface area (Å²) in [6, 6.07) is 17.0. The standard InChI is InChI=1S/C10H15NO2.C8H8O2/c1-12-11(13-2)9-8-10-6-4-3-5-7-10;1-6-2-4-7(5-3-6)8(9)10/h3-7H,8-9H2,1-2H3;2-5H,1H3,(H,9,10). The van der Waals surface area contributed by atoms with Crippen molar-refractivity contribution in [2.24, 2.45) is 0 Å². The van der Waals surface area contributed by atoms with E-state index in [1.165, 1.54) is 10.8 Å². The van der Waals surface area contributed by atoms with Crippen LogP contribution in [0.1, 0.15) is 21.5 Å². The van der Waals surface area contributed by atoms with E-state index in [9.17, 15) is 4.79 Å². The van der Waals surface area contributed by atoms with Gasteiger partial charge >= 0.3 is 5.97 Å². The van der Waals surface area contributed by atoms with Crippen molar-refractivity contribution < 1.29 is 19.6 Å². The third kappa shape index (κ3) is 7.56. The molecule has 23 heavy (non-hydrogen) atoms. The van der Waals surface area contributed by atoms with Gasteiger partial charge in [0.2, 0.25) is 0 Å². The van der Waals surface area contributed by atoms with Crippen molar-refractivity contribution in [3.63, 3.8) is 0 Å². The summed E-state index contributed by atoms with van der Waals surface area (Å²) in [6.45, 7) is 2.66. The predicted molar refractivity (Wildman–Crippen MR) is 89.0 cm³/mol. The van der Waals surface area contributed by atoms with Gasteiger partial charge in [-0.1, -0.05) is 53.3 Å². The molecule has 2 aromatic carbocycles. The van der Waals surface area contributed by atoms with Crippen molar-refractivity contribution in [3.8, 4) is 0 Å². The Kier molecular flexibility index (Phi) is 8.60. The van der Waals surface area contributed by atoms with Crippen LogP contribution >= 0.6 is 0 Å². The zero-order chi connectivity index (χ0) is 17.1. The van der Waals surface area contributed by atoms with Crippen LogP contribution in [0, 0.1) is 6.92 Å². The predicted octanol–water partition coefficient (Wildman–Crippen LogP) is 3.35. The Morgan fingerprint density at radius 3 is 2.04 bits per heavy atom. The van der Waals surface area contributed by atoms with Crippen molar-refractivity contribution in [1.29, 1.82) is 0 Å². The number of hydrogen-bond donors (Lipinski definition) is 1. The van der Waals surface area contributed by atoms with E-state index in [4.69, 9.17) is 14.8 Å². The number of nitrogens with zero attached hydrogens (tertiary/aromatic N) is 1. The van der Waals surface area contributed by atoms with Crippen molar-refractivity contribution in [2.75, 3.05) is 20.8 Å². The molecule has 5 nitrogen and oxygen atoms in total. The molecular formula is C18H23NO4. The lowest BCUT2D eigenvalue weighted by Gasteiger charge is -2.15. The minimum Gasteiger partial charge on any atom is -0.478 e. The zero-order valence-corrected chi connectivity index (χ0v) is 13.7. The number of benzene rings is 2. The molecule has 0 saturated carbocycles. The van der Waals surface area contributed by atoms with Gasteiger partial charge < -0.3 is 5.11 Å². The number of carbonyl (C=O) groups is 1. The number of hydroxylamine groups is 2. The first-order chi connectivity index (χ1) is 11.1. The third-order valence-electron chi connectivity index (χ3n) is 3.13. The second-order valence-electron chi connectivity index (χ2n) is 4.83. The van der Waals surface area contributed by atoms with Gasteiger partial charge in [-0.05, 0) is 31.0 Å². The van der Waals surface area contributed by atoms with Gasteiger partial charge in [0.25, 0.3) is 0 Å². The van der Waals surface area contributed by atoms with E-state index in [1.54, 1.807) is 38.5 Å². The second kappa shape index (κ2) is 10.5. The van der Waals surface area contributed by atoms with Crippen LogP contribution in [0.3, 0.4) is 0 Å². The molecule has 0 bridgehead atoms. The molecule has 2 rings (SSSR count). The van der Waals surface area contributed by atoms with Crippen molar-refractivity contribution in [2.45, 2.75) is 13.3 Å². The van der Waals surface area contributed by atoms with Crippen LogP contribution in [0.25, 0.3) is 0 Å². The highest BCUT2D eigenvalue weighted by molar-refractivity contribution is 5.87. The Labute approximate surface area is 137 Å². The summed E-state index contributed by atoms with van der Waals surface area (Å²) in [5.74, 6) is -0.875. The Morgan fingerprint density at radius 1 is 1.00 bits per heavy atom. The lowest BCUT2D eigenvalue weighted by Crippen LogP contribution is -2.23. The van der Waals surface area contributed by atoms with E-state index in [1.807, 2.05) is 25.1 Å². The molecule has 0 aromatic heterocycles. The number of carboxylic acid groups (broad SMARTS) is 1. The summed E-state index contributed by atoms with van der Waals surface area (Å²) in [6.07, 6.45) is 0.919. The number of hydrogen-bond acceptors (Lipinski definition) is 4. The second-order valence-corrected chi connectivity index (χ2v) is 4.83. The van der Waals surface area contributed by atoms with Crippen molar-refractivity contribution in [1.82, 2.24) is 5.23 Å². The van der Waals surface area contributed by atoms with Crippen LogP contribution in [0.15, 0.2) is 54.6 Å². The van der Waals surface area contributed by atoms with Crippen LogP contribution in [-0.4, -0.2) is 37.1 Å². The maximum Gasteiger partial charge on any atom is 0.335 e. The van der Waals surface area contributed by atoms with Gasteiger partial charge in [0.15, 0.2) is 0 Å². The molecule has 0 saturated heterocycles. The summed E-state index contributed by atoms with van der Waals surface area (Å²) in [5.41, 5.74) is 2.69. The number of rotatable bonds is 6. The quantitative estimate of drug-likeness (QED) is 0.828. The molecule has 0 heterocycles. The number of aryl methyl sites for hydroxylation is 1. The van der Waals surface area contributed by atoms with E-state index in [-0.39, 0.29) is 0 Å². The third-order valence-corrected chi connectivity index (χ3v) is 3.13. The first kappa shape index (κ1) is 18.8. The minimum atomic E-state index is -0.875. The molecule has 1 N–H and O–H groups in total. The fourth-order valence-electron chi connectivity index (χ4n) is 1.82. The summed E-state index contributed by atoms with van der Waals surface area (Å²) in [7, 11) is 3.18. The molecule has 2 aromatic rings. The largest absolute Gasteiger partial charge is 0.478 e. The normalized spacial score (nSPS) is 10.1. The Bertz CT molecular complexity index is 565. The first-order valence-corrected chi connectivity index (χ1v) is 7.26. The zero-order valence-electron chi connectivity index (χ0n) is 13.7. The number of aromatic carboxylic acids is 1. The summed E-state index contributed by atoms with van der Waals surface area (Å²) in [4.78, 5) is 20.2. The van der Waals surface area contributed by atoms with Crippen molar-refractivity contribution >= 4 is 5.97 Å². The van der Waals surface area contributed by atoms with Crippen LogP contribution in [0.5, 0.6) is 0 Å². The van der Waals surface area contributed by atoms with Gasteiger partial charge in [0.05, 0.1) is 26.3 Å². The monoisotopic (exact) mass is 317 g/mol. The van der Waals surface area contributed by atoms with Gasteiger partial charge in [-0.3, -0.25) is 9.68 Å². The van der Waals surface area contributed by atoms with Crippen LogP contribution in [0.4, 0.5) is 0 Å². The summed E-state index contributed by atoms with van der Waals surface area (Å²) in [5, 5.41) is 9.93. The van der Waals surface area contributed by atoms with E-state index < -0.39 is 5.97 Å². The first-order valence-electron chi connectivity index (χ1n) is 7.26. The topological polar surface area (TPSA) is 59.0 Å². The highest BCUT2D eigenvalue weighted by atomic mass is 16.9. The molecule has 0 unspecified atom stereocenters. The van der Waals surface area contributed by atoms with Gasteiger partial charge in [-0.15, -0.1) is 0 Å². The molecule has 124 valence electrons. The summed E-state index contributed by atoms with van der Waals surface area (Å²) >= 11 is 0. The minimum absolute atomic E-state index is 0.339. The van der Waals surface area contributed by atoms with Gasteiger partial charge in [0.1, 0.15) is 0 Å². The SMILES string of the molecule is CON(CCc1ccccc1)OC.Cc1ccc(C(=O)O)cc1. The van der Waals surface area contributed by atoms with E-state index in [2.05, 4.69) is 12.1 Å².